The van der Waals surface area contributed by atoms with Crippen molar-refractivity contribution in [2.24, 2.45) is 0 Å². The average molecular weight is 255 g/mol. The summed E-state index contributed by atoms with van der Waals surface area (Å²) in [7, 11) is 0. The molecule has 1 rings (SSSR count). The van der Waals surface area contributed by atoms with Crippen LogP contribution < -0.4 is 16.0 Å². The van der Waals surface area contributed by atoms with E-state index in [0.29, 0.717) is 19.0 Å². The number of nitrogens with zero attached hydrogens (tertiary/aromatic N) is 2. The number of hydrogen-bond acceptors (Lipinski definition) is 6. The van der Waals surface area contributed by atoms with Crippen LogP contribution in [0.4, 0.5) is 6.01 Å². The molecule has 0 saturated carbocycles. The van der Waals surface area contributed by atoms with Crippen molar-refractivity contribution in [1.82, 2.24) is 20.8 Å². The Morgan fingerprint density at radius 3 is 2.83 bits per heavy atom. The molecule has 0 radical (unpaired) electrons. The zero-order chi connectivity index (χ0) is 13.4. The van der Waals surface area contributed by atoms with Crippen molar-refractivity contribution < 1.29 is 9.21 Å². The maximum atomic E-state index is 11.5. The molecule has 7 heteroatoms. The monoisotopic (exact) mass is 255 g/mol. The molecule has 0 fully saturated rings. The van der Waals surface area contributed by atoms with Gasteiger partial charge >= 0.3 is 6.01 Å². The van der Waals surface area contributed by atoms with Crippen LogP contribution in [0.15, 0.2) is 4.42 Å². The van der Waals surface area contributed by atoms with Crippen LogP contribution in [-0.4, -0.2) is 35.2 Å². The molecule has 1 aromatic heterocycles. The first-order chi connectivity index (χ1) is 8.67. The van der Waals surface area contributed by atoms with Crippen LogP contribution in [0.3, 0.4) is 0 Å². The summed E-state index contributed by atoms with van der Waals surface area (Å²) in [4.78, 5) is 11.5. The van der Waals surface area contributed by atoms with Crippen LogP contribution in [0.5, 0.6) is 0 Å². The number of hydrogen-bond donors (Lipinski definition) is 3. The van der Waals surface area contributed by atoms with E-state index in [1.807, 2.05) is 6.92 Å². The summed E-state index contributed by atoms with van der Waals surface area (Å²) in [5.74, 6) is 0.412. The van der Waals surface area contributed by atoms with Crippen molar-refractivity contribution in [2.75, 3.05) is 18.4 Å². The van der Waals surface area contributed by atoms with Crippen LogP contribution in [0.25, 0.3) is 0 Å². The first-order valence-corrected chi connectivity index (χ1v) is 6.24. The summed E-state index contributed by atoms with van der Waals surface area (Å²) in [6.45, 7) is 7.74. The van der Waals surface area contributed by atoms with Gasteiger partial charge in [0.15, 0.2) is 0 Å². The third kappa shape index (κ3) is 4.70. The Kier molecular flexibility index (Phi) is 6.13. The van der Waals surface area contributed by atoms with Crippen LogP contribution >= 0.6 is 0 Å². The van der Waals surface area contributed by atoms with Crippen molar-refractivity contribution in [3.63, 3.8) is 0 Å². The number of carbonyl (C=O) groups is 1. The minimum absolute atomic E-state index is 0.0960. The highest BCUT2D eigenvalue weighted by Crippen LogP contribution is 2.06. The van der Waals surface area contributed by atoms with Gasteiger partial charge in [0.05, 0.1) is 6.54 Å². The number of rotatable bonds is 8. The number of aromatic nitrogens is 2. The molecule has 1 atom stereocenters. The van der Waals surface area contributed by atoms with E-state index in [4.69, 9.17) is 4.42 Å². The Bertz CT molecular complexity index is 366. The number of likely N-dealkylation sites (N-methyl/N-ethyl adjacent to an activating group) is 1. The fourth-order valence-corrected chi connectivity index (χ4v) is 1.33. The Morgan fingerprint density at radius 2 is 2.17 bits per heavy atom. The summed E-state index contributed by atoms with van der Waals surface area (Å²) in [6.07, 6.45) is 1.05. The second-order valence-electron chi connectivity index (χ2n) is 3.94. The summed E-state index contributed by atoms with van der Waals surface area (Å²) in [6, 6.07) is -0.135. The van der Waals surface area contributed by atoms with E-state index in [-0.39, 0.29) is 11.9 Å². The van der Waals surface area contributed by atoms with Crippen LogP contribution in [0.1, 0.15) is 33.1 Å². The Balaban J connectivity index is 2.40. The molecule has 1 unspecified atom stereocenters. The Morgan fingerprint density at radius 1 is 1.39 bits per heavy atom. The molecule has 0 aromatic carbocycles. The van der Waals surface area contributed by atoms with Gasteiger partial charge in [-0.3, -0.25) is 4.79 Å². The first-order valence-electron chi connectivity index (χ1n) is 6.24. The Hall–Kier alpha value is -1.63. The van der Waals surface area contributed by atoms with Crippen molar-refractivity contribution in [3.8, 4) is 0 Å². The normalized spacial score (nSPS) is 12.2. The molecule has 0 aliphatic carbocycles. The van der Waals surface area contributed by atoms with Gasteiger partial charge in [-0.05, 0) is 26.8 Å². The predicted octanol–water partition coefficient (Wildman–Crippen LogP) is 0.506. The zero-order valence-corrected chi connectivity index (χ0v) is 11.1. The summed E-state index contributed by atoms with van der Waals surface area (Å²) in [5, 5.41) is 16.4. The molecule has 1 heterocycles. The molecule has 1 amide bonds. The molecule has 0 aliphatic heterocycles. The van der Waals surface area contributed by atoms with Gasteiger partial charge in [0.25, 0.3) is 0 Å². The predicted molar refractivity (Wildman–Crippen MR) is 68.1 cm³/mol. The molecular formula is C11H21N5O2. The molecule has 0 aliphatic rings. The van der Waals surface area contributed by atoms with Gasteiger partial charge in [-0.2, -0.15) is 0 Å². The van der Waals surface area contributed by atoms with Gasteiger partial charge in [0.2, 0.25) is 11.8 Å². The van der Waals surface area contributed by atoms with Gasteiger partial charge in [-0.15, -0.1) is 5.10 Å². The molecule has 1 aromatic rings. The van der Waals surface area contributed by atoms with E-state index in [2.05, 4.69) is 33.1 Å². The largest absolute Gasteiger partial charge is 0.407 e. The lowest BCUT2D eigenvalue weighted by Gasteiger charge is -2.10. The second-order valence-corrected chi connectivity index (χ2v) is 3.94. The summed E-state index contributed by atoms with van der Waals surface area (Å²) < 4.78 is 5.35. The maximum Gasteiger partial charge on any atom is 0.316 e. The number of carbonyl (C=O) groups excluding carboxylic acids is 1. The molecule has 102 valence electrons. The average Bonchev–Trinajstić information content (AvgIpc) is 2.77. The van der Waals surface area contributed by atoms with Gasteiger partial charge in [-0.25, -0.2) is 0 Å². The van der Waals surface area contributed by atoms with E-state index < -0.39 is 6.04 Å². The van der Waals surface area contributed by atoms with E-state index in [1.165, 1.54) is 0 Å². The molecule has 0 saturated heterocycles. The third-order valence-electron chi connectivity index (χ3n) is 2.25. The lowest BCUT2D eigenvalue weighted by atomic mass is 10.3. The number of anilines is 1. The minimum atomic E-state index is -0.401. The molecule has 0 spiro atoms. The van der Waals surface area contributed by atoms with Crippen molar-refractivity contribution in [1.29, 1.82) is 0 Å². The molecule has 3 N–H and O–H groups in total. The molecule has 0 bridgehead atoms. The first kappa shape index (κ1) is 14.4. The van der Waals surface area contributed by atoms with Gasteiger partial charge < -0.3 is 20.4 Å². The quantitative estimate of drug-likeness (QED) is 0.586. The van der Waals surface area contributed by atoms with E-state index in [1.54, 1.807) is 6.92 Å². The molecule has 18 heavy (non-hydrogen) atoms. The highest BCUT2D eigenvalue weighted by molar-refractivity contribution is 5.83. The SMILES string of the molecule is CCCNCc1nnc(NC(C)C(=O)NCC)o1. The smallest absolute Gasteiger partial charge is 0.316 e. The molecular weight excluding hydrogens is 234 g/mol. The minimum Gasteiger partial charge on any atom is -0.407 e. The van der Waals surface area contributed by atoms with Crippen LogP contribution in [0, 0.1) is 0 Å². The van der Waals surface area contributed by atoms with E-state index in [9.17, 15) is 4.79 Å². The van der Waals surface area contributed by atoms with Gasteiger partial charge in [-0.1, -0.05) is 12.0 Å². The van der Waals surface area contributed by atoms with E-state index >= 15 is 0 Å². The lowest BCUT2D eigenvalue weighted by molar-refractivity contribution is -0.121. The van der Waals surface area contributed by atoms with Gasteiger partial charge in [0.1, 0.15) is 6.04 Å². The highest BCUT2D eigenvalue weighted by atomic mass is 16.4. The highest BCUT2D eigenvalue weighted by Gasteiger charge is 2.14. The third-order valence-corrected chi connectivity index (χ3v) is 2.25. The standard InChI is InChI=1S/C11H21N5O2/c1-4-6-12-7-9-15-16-11(18-9)14-8(3)10(17)13-5-2/h8,12H,4-7H2,1-3H3,(H,13,17)(H,14,16). The second kappa shape index (κ2) is 7.65. The number of nitrogens with one attached hydrogen (secondary N) is 3. The maximum absolute atomic E-state index is 11.5. The molecule has 7 nitrogen and oxygen atoms in total. The topological polar surface area (TPSA) is 92.1 Å². The fourth-order valence-electron chi connectivity index (χ4n) is 1.33. The summed E-state index contributed by atoms with van der Waals surface area (Å²) >= 11 is 0. The summed E-state index contributed by atoms with van der Waals surface area (Å²) in [5.41, 5.74) is 0. The van der Waals surface area contributed by atoms with Crippen LogP contribution in [-0.2, 0) is 11.3 Å². The van der Waals surface area contributed by atoms with Crippen molar-refractivity contribution in [3.05, 3.63) is 5.89 Å². The lowest BCUT2D eigenvalue weighted by Crippen LogP contribution is -2.37. The zero-order valence-electron chi connectivity index (χ0n) is 11.1. The van der Waals surface area contributed by atoms with E-state index in [0.717, 1.165) is 13.0 Å². The van der Waals surface area contributed by atoms with Crippen LogP contribution in [0.2, 0.25) is 0 Å². The van der Waals surface area contributed by atoms with Crippen molar-refractivity contribution >= 4 is 11.9 Å². The van der Waals surface area contributed by atoms with Gasteiger partial charge in [0, 0.05) is 6.54 Å². The number of amides is 1. The fraction of sp³-hybridized carbons (Fsp3) is 0.727. The van der Waals surface area contributed by atoms with Crippen molar-refractivity contribution in [2.45, 2.75) is 39.8 Å². The Labute approximate surface area is 107 Å².